The quantitative estimate of drug-likeness (QED) is 0.498. The Morgan fingerprint density at radius 3 is 2.51 bits per heavy atom. The molecule has 1 saturated heterocycles. The highest BCUT2D eigenvalue weighted by Crippen LogP contribution is 2.52. The molecular weight excluding hydrogens is 462 g/mol. The van der Waals surface area contributed by atoms with Gasteiger partial charge < -0.3 is 24.8 Å². The lowest BCUT2D eigenvalue weighted by Gasteiger charge is -2.56. The van der Waals surface area contributed by atoms with E-state index in [-0.39, 0.29) is 5.91 Å². The number of amides is 1. The Kier molecular flexibility index (Phi) is 5.76. The minimum absolute atomic E-state index is 0.191. The summed E-state index contributed by atoms with van der Waals surface area (Å²) in [5.74, 6) is 1.09. The number of hydrogen-bond acceptors (Lipinski definition) is 5. The predicted molar refractivity (Wildman–Crippen MR) is 139 cm³/mol. The van der Waals surface area contributed by atoms with Gasteiger partial charge in [-0.2, -0.15) is 0 Å². The van der Waals surface area contributed by atoms with Gasteiger partial charge in [-0.05, 0) is 74.1 Å². The van der Waals surface area contributed by atoms with E-state index in [1.807, 2.05) is 85.5 Å². The number of nitrogens with one attached hydrogen (secondary N) is 2. The molecular formula is C27H27N3O4S. The molecule has 3 aromatic rings. The largest absolute Gasteiger partial charge is 0.497 e. The number of ether oxygens (including phenoxy) is 3. The number of nitrogens with zero attached hydrogens (tertiary/aromatic N) is 1. The van der Waals surface area contributed by atoms with Crippen molar-refractivity contribution >= 4 is 34.6 Å². The summed E-state index contributed by atoms with van der Waals surface area (Å²) in [5, 5.41) is 6.97. The topological polar surface area (TPSA) is 72.1 Å². The van der Waals surface area contributed by atoms with E-state index in [1.54, 1.807) is 14.2 Å². The van der Waals surface area contributed by atoms with Crippen LogP contribution in [0.1, 0.15) is 24.1 Å². The number of para-hydroxylation sites is 1. The van der Waals surface area contributed by atoms with Gasteiger partial charge in [-0.3, -0.25) is 9.69 Å². The van der Waals surface area contributed by atoms with Gasteiger partial charge in [-0.25, -0.2) is 0 Å². The Morgan fingerprint density at radius 2 is 1.83 bits per heavy atom. The van der Waals surface area contributed by atoms with Crippen LogP contribution in [0.3, 0.4) is 0 Å². The average Bonchev–Trinajstić information content (AvgIpc) is 2.83. The van der Waals surface area contributed by atoms with Crippen molar-refractivity contribution in [1.82, 2.24) is 5.32 Å². The molecule has 2 aliphatic rings. The Labute approximate surface area is 210 Å². The summed E-state index contributed by atoms with van der Waals surface area (Å²) in [5.41, 5.74) is 2.27. The van der Waals surface area contributed by atoms with Gasteiger partial charge in [0.25, 0.3) is 0 Å². The van der Waals surface area contributed by atoms with Gasteiger partial charge in [0.1, 0.15) is 11.7 Å². The van der Waals surface area contributed by atoms with E-state index in [0.29, 0.717) is 28.0 Å². The molecule has 0 aromatic heterocycles. The first-order chi connectivity index (χ1) is 16.9. The summed E-state index contributed by atoms with van der Waals surface area (Å²) >= 11 is 5.82. The first kappa shape index (κ1) is 23.0. The molecule has 2 aliphatic heterocycles. The van der Waals surface area contributed by atoms with Crippen molar-refractivity contribution in [3.05, 3.63) is 77.9 Å². The van der Waals surface area contributed by atoms with Crippen molar-refractivity contribution in [1.29, 1.82) is 0 Å². The number of hydrogen-bond donors (Lipinski definition) is 2. The molecule has 3 atom stereocenters. The molecule has 0 aliphatic carbocycles. The van der Waals surface area contributed by atoms with Crippen molar-refractivity contribution in [2.45, 2.75) is 25.6 Å². The number of anilines is 2. The maximum Gasteiger partial charge on any atom is 0.236 e. The molecule has 5 rings (SSSR count). The Morgan fingerprint density at radius 1 is 1.09 bits per heavy atom. The molecule has 35 heavy (non-hydrogen) atoms. The van der Waals surface area contributed by atoms with Crippen LogP contribution in [-0.4, -0.2) is 31.0 Å². The number of carbonyl (C=O) groups is 1. The van der Waals surface area contributed by atoms with Crippen LogP contribution in [-0.2, 0) is 4.79 Å². The fraction of sp³-hybridized carbons (Fsp3) is 0.259. The highest BCUT2D eigenvalue weighted by molar-refractivity contribution is 7.80. The zero-order valence-electron chi connectivity index (χ0n) is 20.0. The zero-order valence-corrected chi connectivity index (χ0v) is 20.8. The molecule has 8 heteroatoms. The van der Waals surface area contributed by atoms with E-state index in [0.717, 1.165) is 16.8 Å². The van der Waals surface area contributed by atoms with Gasteiger partial charge in [0, 0.05) is 16.9 Å². The zero-order chi connectivity index (χ0) is 24.7. The summed E-state index contributed by atoms with van der Waals surface area (Å²) in [6, 6.07) is 20.5. The number of benzene rings is 3. The Bertz CT molecular complexity index is 1300. The van der Waals surface area contributed by atoms with Crippen LogP contribution in [0.15, 0.2) is 66.7 Å². The lowest BCUT2D eigenvalue weighted by atomic mass is 9.78. The van der Waals surface area contributed by atoms with Crippen molar-refractivity contribution in [3.63, 3.8) is 0 Å². The highest BCUT2D eigenvalue weighted by atomic mass is 32.1. The molecule has 0 spiro atoms. The maximum atomic E-state index is 13.9. The first-order valence-corrected chi connectivity index (χ1v) is 11.7. The van der Waals surface area contributed by atoms with Crippen LogP contribution in [0.4, 0.5) is 11.4 Å². The van der Waals surface area contributed by atoms with Crippen LogP contribution in [0.2, 0.25) is 0 Å². The van der Waals surface area contributed by atoms with E-state index in [9.17, 15) is 4.79 Å². The van der Waals surface area contributed by atoms with Gasteiger partial charge >= 0.3 is 0 Å². The second-order valence-corrected chi connectivity index (χ2v) is 9.22. The van der Waals surface area contributed by atoms with Crippen LogP contribution >= 0.6 is 12.2 Å². The van der Waals surface area contributed by atoms with Crippen LogP contribution < -0.4 is 29.7 Å². The third-order valence-corrected chi connectivity index (χ3v) is 6.91. The minimum Gasteiger partial charge on any atom is -0.497 e. The average molecular weight is 490 g/mol. The van der Waals surface area contributed by atoms with Crippen LogP contribution in [0, 0.1) is 12.8 Å². The fourth-order valence-corrected chi connectivity index (χ4v) is 5.39. The molecule has 2 N–H and O–H groups in total. The van der Waals surface area contributed by atoms with Gasteiger partial charge in [-0.15, -0.1) is 0 Å². The summed E-state index contributed by atoms with van der Waals surface area (Å²) in [4.78, 5) is 15.8. The fourth-order valence-electron chi connectivity index (χ4n) is 4.98. The summed E-state index contributed by atoms with van der Waals surface area (Å²) in [7, 11) is 3.21. The standard InChI is InChI=1S/C27H27N3O4S/c1-16-7-5-8-18(15-16)30-26(35)29-23-20-9-6-10-21(33-4)24(20)34-27(30,2)22(23)25(31)28-17-11-13-19(32-3)14-12-17/h5-15,22-23H,1-4H3,(H,28,31)(H,29,35)/t22-,23+,27-/m0/s1. The maximum absolute atomic E-state index is 13.9. The number of thiocarbonyl (C=S) groups is 1. The summed E-state index contributed by atoms with van der Waals surface area (Å²) < 4.78 is 17.5. The van der Waals surface area contributed by atoms with Gasteiger partial charge in [0.05, 0.1) is 20.3 Å². The van der Waals surface area contributed by atoms with E-state index in [4.69, 9.17) is 26.4 Å². The van der Waals surface area contributed by atoms with Crippen molar-refractivity contribution in [3.8, 4) is 17.2 Å². The SMILES string of the molecule is COc1ccc(NC(=O)[C@@H]2[C@@H]3NC(=S)N(c4cccc(C)c4)[C@@]2(C)Oc2c(OC)cccc23)cc1. The van der Waals surface area contributed by atoms with E-state index in [1.165, 1.54) is 0 Å². The summed E-state index contributed by atoms with van der Waals surface area (Å²) in [6.45, 7) is 3.92. The molecule has 0 saturated carbocycles. The molecule has 0 radical (unpaired) electrons. The highest BCUT2D eigenvalue weighted by Gasteiger charge is 2.59. The molecule has 2 bridgehead atoms. The number of fused-ring (bicyclic) bond motifs is 4. The Balaban J connectivity index is 1.62. The number of rotatable bonds is 5. The van der Waals surface area contributed by atoms with E-state index >= 15 is 0 Å². The smallest absolute Gasteiger partial charge is 0.236 e. The van der Waals surface area contributed by atoms with Crippen molar-refractivity contribution in [2.24, 2.45) is 5.92 Å². The molecule has 2 heterocycles. The molecule has 1 amide bonds. The van der Waals surface area contributed by atoms with Crippen LogP contribution in [0.25, 0.3) is 0 Å². The second-order valence-electron chi connectivity index (χ2n) is 8.83. The Hall–Kier alpha value is -3.78. The number of carbonyl (C=O) groups excluding carboxylic acids is 1. The molecule has 180 valence electrons. The van der Waals surface area contributed by atoms with Gasteiger partial charge in [0.2, 0.25) is 5.91 Å². The third kappa shape index (κ3) is 3.83. The number of aryl methyl sites for hydroxylation is 1. The monoisotopic (exact) mass is 489 g/mol. The third-order valence-electron chi connectivity index (χ3n) is 6.61. The van der Waals surface area contributed by atoms with Crippen LogP contribution in [0.5, 0.6) is 17.2 Å². The predicted octanol–water partition coefficient (Wildman–Crippen LogP) is 4.81. The molecule has 0 unspecified atom stereocenters. The van der Waals surface area contributed by atoms with Gasteiger partial charge in [0.15, 0.2) is 22.3 Å². The lowest BCUT2D eigenvalue weighted by molar-refractivity contribution is -0.130. The van der Waals surface area contributed by atoms with Crippen molar-refractivity contribution in [2.75, 3.05) is 24.4 Å². The lowest BCUT2D eigenvalue weighted by Crippen LogP contribution is -2.72. The van der Waals surface area contributed by atoms with E-state index in [2.05, 4.69) is 10.6 Å². The summed E-state index contributed by atoms with van der Waals surface area (Å²) in [6.07, 6.45) is 0. The molecule has 1 fully saturated rings. The molecule has 7 nitrogen and oxygen atoms in total. The minimum atomic E-state index is -1.13. The molecule has 3 aromatic carbocycles. The first-order valence-electron chi connectivity index (χ1n) is 11.3. The van der Waals surface area contributed by atoms with Gasteiger partial charge in [-0.1, -0.05) is 24.3 Å². The number of methoxy groups -OCH3 is 2. The van der Waals surface area contributed by atoms with E-state index < -0.39 is 17.7 Å². The second kappa shape index (κ2) is 8.78. The van der Waals surface area contributed by atoms with Crippen molar-refractivity contribution < 1.29 is 19.0 Å². The normalized spacial score (nSPS) is 22.4.